The lowest BCUT2D eigenvalue weighted by atomic mass is 9.69. The molecule has 2 aliphatic rings. The molecule has 0 aromatic heterocycles. The van der Waals surface area contributed by atoms with E-state index in [4.69, 9.17) is 0 Å². The first kappa shape index (κ1) is 23.4. The zero-order chi connectivity index (χ0) is 21.0. The van der Waals surface area contributed by atoms with Gasteiger partial charge in [-0.05, 0) is 86.8 Å². The van der Waals surface area contributed by atoms with Crippen molar-refractivity contribution in [2.45, 2.75) is 117 Å². The van der Waals surface area contributed by atoms with Crippen LogP contribution in [0.3, 0.4) is 0 Å². The molecule has 0 saturated heterocycles. The average molecular weight is 407 g/mol. The van der Waals surface area contributed by atoms with Gasteiger partial charge in [0, 0.05) is 11.5 Å². The quantitative estimate of drug-likeness (QED) is 0.283. The summed E-state index contributed by atoms with van der Waals surface area (Å²) in [5.74, 6) is 10.8. The summed E-state index contributed by atoms with van der Waals surface area (Å²) < 4.78 is 0. The van der Waals surface area contributed by atoms with Crippen LogP contribution in [0, 0.1) is 35.5 Å². The summed E-state index contributed by atoms with van der Waals surface area (Å²) in [5.41, 5.74) is 2.67. The van der Waals surface area contributed by atoms with Gasteiger partial charge in [0.1, 0.15) is 0 Å². The summed E-state index contributed by atoms with van der Waals surface area (Å²) in [6, 6.07) is 9.04. The number of benzene rings is 1. The molecule has 0 radical (unpaired) electrons. The first-order valence-electron chi connectivity index (χ1n) is 13.4. The summed E-state index contributed by atoms with van der Waals surface area (Å²) in [5, 5.41) is 0. The molecule has 0 spiro atoms. The number of hydrogen-bond donors (Lipinski definition) is 0. The van der Waals surface area contributed by atoms with Gasteiger partial charge in [0.2, 0.25) is 0 Å². The fourth-order valence-corrected chi connectivity index (χ4v) is 5.89. The third-order valence-electron chi connectivity index (χ3n) is 7.99. The Morgan fingerprint density at radius 1 is 0.700 bits per heavy atom. The molecule has 0 atom stereocenters. The van der Waals surface area contributed by atoms with Gasteiger partial charge in [-0.2, -0.15) is 0 Å². The molecule has 30 heavy (non-hydrogen) atoms. The van der Waals surface area contributed by atoms with Crippen LogP contribution >= 0.6 is 0 Å². The van der Waals surface area contributed by atoms with E-state index < -0.39 is 0 Å². The van der Waals surface area contributed by atoms with Crippen molar-refractivity contribution >= 4 is 0 Å². The molecular formula is C30H46. The Morgan fingerprint density at radius 2 is 1.30 bits per heavy atom. The largest absolute Gasteiger partial charge is 0.0945 e. The standard InChI is InChI=1S/C30H46/c1-3-5-7-9-25-11-13-27(14-12-25)15-16-28-19-23-30(24-20-28)29-21-17-26(18-22-29)10-8-6-4-2/h11-14,26,28-30H,3-10,17-24H2,1-2H3. The molecule has 2 aliphatic carbocycles. The molecule has 1 aromatic carbocycles. The number of hydrogen-bond acceptors (Lipinski definition) is 0. The highest BCUT2D eigenvalue weighted by atomic mass is 14.3. The summed E-state index contributed by atoms with van der Waals surface area (Å²) in [7, 11) is 0. The predicted octanol–water partition coefficient (Wildman–Crippen LogP) is 8.96. The molecule has 0 nitrogen and oxygen atoms in total. The second-order valence-electron chi connectivity index (χ2n) is 10.3. The van der Waals surface area contributed by atoms with Gasteiger partial charge in [0.25, 0.3) is 0 Å². The van der Waals surface area contributed by atoms with Crippen LogP contribution in [0.1, 0.15) is 121 Å². The minimum absolute atomic E-state index is 0.635. The maximum atomic E-state index is 3.62. The Morgan fingerprint density at radius 3 is 1.93 bits per heavy atom. The number of rotatable bonds is 9. The zero-order valence-corrected chi connectivity index (χ0v) is 19.9. The summed E-state index contributed by atoms with van der Waals surface area (Å²) in [6.45, 7) is 4.59. The molecule has 0 amide bonds. The molecule has 0 unspecified atom stereocenters. The Kier molecular flexibility index (Phi) is 10.4. The maximum absolute atomic E-state index is 3.62. The lowest BCUT2D eigenvalue weighted by Crippen LogP contribution is -2.25. The van der Waals surface area contributed by atoms with E-state index in [1.807, 2.05) is 0 Å². The summed E-state index contributed by atoms with van der Waals surface area (Å²) in [6.07, 6.45) is 22.5. The third-order valence-corrected chi connectivity index (χ3v) is 7.99. The minimum Gasteiger partial charge on any atom is -0.0945 e. The van der Waals surface area contributed by atoms with E-state index >= 15 is 0 Å². The van der Waals surface area contributed by atoms with E-state index in [9.17, 15) is 0 Å². The number of aryl methyl sites for hydroxylation is 1. The van der Waals surface area contributed by atoms with Crippen LogP contribution in [-0.2, 0) is 6.42 Å². The van der Waals surface area contributed by atoms with Gasteiger partial charge in [-0.25, -0.2) is 0 Å². The SMILES string of the molecule is CCCCCc1ccc(C#CC2CCC(C3CCC(CCCCC)CC3)CC2)cc1. The topological polar surface area (TPSA) is 0 Å². The van der Waals surface area contributed by atoms with Crippen molar-refractivity contribution in [2.24, 2.45) is 23.7 Å². The fourth-order valence-electron chi connectivity index (χ4n) is 5.89. The monoisotopic (exact) mass is 406 g/mol. The van der Waals surface area contributed by atoms with Crippen molar-refractivity contribution in [1.29, 1.82) is 0 Å². The van der Waals surface area contributed by atoms with Gasteiger partial charge in [-0.15, -0.1) is 0 Å². The van der Waals surface area contributed by atoms with E-state index in [2.05, 4.69) is 50.0 Å². The van der Waals surface area contributed by atoms with Crippen LogP contribution < -0.4 is 0 Å². The molecule has 0 N–H and O–H groups in total. The van der Waals surface area contributed by atoms with E-state index in [0.29, 0.717) is 5.92 Å². The van der Waals surface area contributed by atoms with E-state index in [1.54, 1.807) is 0 Å². The summed E-state index contributed by atoms with van der Waals surface area (Å²) >= 11 is 0. The molecule has 2 saturated carbocycles. The van der Waals surface area contributed by atoms with Gasteiger partial charge in [0.15, 0.2) is 0 Å². The van der Waals surface area contributed by atoms with Gasteiger partial charge in [-0.1, -0.05) is 89.2 Å². The molecule has 1 aromatic rings. The third kappa shape index (κ3) is 7.80. The normalized spacial score (nSPS) is 26.7. The molecule has 2 fully saturated rings. The van der Waals surface area contributed by atoms with Crippen molar-refractivity contribution in [3.63, 3.8) is 0 Å². The highest BCUT2D eigenvalue weighted by Crippen LogP contribution is 2.42. The van der Waals surface area contributed by atoms with Crippen molar-refractivity contribution in [2.75, 3.05) is 0 Å². The van der Waals surface area contributed by atoms with Crippen molar-refractivity contribution in [3.05, 3.63) is 35.4 Å². The Labute approximate surface area is 187 Å². The molecular weight excluding hydrogens is 360 g/mol. The Hall–Kier alpha value is -1.22. The minimum atomic E-state index is 0.635. The molecule has 0 heteroatoms. The maximum Gasteiger partial charge on any atom is 0.0245 e. The molecule has 166 valence electrons. The first-order chi connectivity index (χ1) is 14.8. The molecule has 0 aliphatic heterocycles. The zero-order valence-electron chi connectivity index (χ0n) is 19.9. The predicted molar refractivity (Wildman–Crippen MR) is 132 cm³/mol. The van der Waals surface area contributed by atoms with Crippen LogP contribution in [0.5, 0.6) is 0 Å². The Balaban J connectivity index is 1.36. The van der Waals surface area contributed by atoms with E-state index in [0.717, 1.165) is 17.8 Å². The van der Waals surface area contributed by atoms with Crippen LogP contribution in [0.25, 0.3) is 0 Å². The van der Waals surface area contributed by atoms with Gasteiger partial charge in [-0.3, -0.25) is 0 Å². The highest BCUT2D eigenvalue weighted by Gasteiger charge is 2.30. The van der Waals surface area contributed by atoms with Crippen LogP contribution in [-0.4, -0.2) is 0 Å². The van der Waals surface area contributed by atoms with Crippen LogP contribution in [0.4, 0.5) is 0 Å². The molecule has 0 heterocycles. The highest BCUT2D eigenvalue weighted by molar-refractivity contribution is 5.36. The second kappa shape index (κ2) is 13.2. The fraction of sp³-hybridized carbons (Fsp3) is 0.733. The lowest BCUT2D eigenvalue weighted by Gasteiger charge is -2.37. The van der Waals surface area contributed by atoms with E-state index in [-0.39, 0.29) is 0 Å². The van der Waals surface area contributed by atoms with Crippen molar-refractivity contribution in [3.8, 4) is 11.8 Å². The smallest absolute Gasteiger partial charge is 0.0245 e. The van der Waals surface area contributed by atoms with Crippen LogP contribution in [0.15, 0.2) is 24.3 Å². The van der Waals surface area contributed by atoms with Gasteiger partial charge >= 0.3 is 0 Å². The number of unbranched alkanes of at least 4 members (excludes halogenated alkanes) is 4. The molecule has 0 bridgehead atoms. The lowest BCUT2D eigenvalue weighted by molar-refractivity contribution is 0.153. The van der Waals surface area contributed by atoms with Gasteiger partial charge in [0.05, 0.1) is 0 Å². The molecule has 3 rings (SSSR count). The van der Waals surface area contributed by atoms with Crippen molar-refractivity contribution < 1.29 is 0 Å². The first-order valence-corrected chi connectivity index (χ1v) is 13.4. The Bertz CT molecular complexity index is 627. The summed E-state index contributed by atoms with van der Waals surface area (Å²) in [4.78, 5) is 0. The van der Waals surface area contributed by atoms with Crippen LogP contribution in [0.2, 0.25) is 0 Å². The second-order valence-corrected chi connectivity index (χ2v) is 10.3. The van der Waals surface area contributed by atoms with E-state index in [1.165, 1.54) is 114 Å². The van der Waals surface area contributed by atoms with Gasteiger partial charge < -0.3 is 0 Å². The average Bonchev–Trinajstić information content (AvgIpc) is 2.80. The van der Waals surface area contributed by atoms with Crippen molar-refractivity contribution in [1.82, 2.24) is 0 Å².